The largest absolute Gasteiger partial charge is 0.481 e. The second kappa shape index (κ2) is 5.45. The third-order valence-electron chi connectivity index (χ3n) is 2.36. The molecule has 2 atom stereocenters. The molecule has 1 rings (SSSR count). The fourth-order valence-corrected chi connectivity index (χ4v) is 1.10. The monoisotopic (exact) mass is 213 g/mol. The van der Waals surface area contributed by atoms with Crippen molar-refractivity contribution in [3.63, 3.8) is 0 Å². The van der Waals surface area contributed by atoms with Crippen LogP contribution in [0.15, 0.2) is 10.9 Å². The van der Waals surface area contributed by atoms with Gasteiger partial charge in [-0.1, -0.05) is 12.1 Å². The molecule has 0 aliphatic carbocycles. The summed E-state index contributed by atoms with van der Waals surface area (Å²) in [6.07, 6.45) is 1.91. The van der Waals surface area contributed by atoms with E-state index in [-0.39, 0.29) is 6.04 Å². The molecule has 0 fully saturated rings. The first-order valence-corrected chi connectivity index (χ1v) is 4.82. The zero-order chi connectivity index (χ0) is 11.3. The lowest BCUT2D eigenvalue weighted by atomic mass is 10.0. The van der Waals surface area contributed by atoms with E-state index in [4.69, 9.17) is 5.11 Å². The van der Waals surface area contributed by atoms with E-state index in [0.29, 0.717) is 18.8 Å². The van der Waals surface area contributed by atoms with E-state index >= 15 is 0 Å². The van der Waals surface area contributed by atoms with Crippen LogP contribution in [-0.2, 0) is 11.2 Å². The highest BCUT2D eigenvalue weighted by atomic mass is 16.5. The Morgan fingerprint density at radius 1 is 1.67 bits per heavy atom. The molecule has 0 aromatic carbocycles. The smallest absolute Gasteiger partial charge is 0.307 e. The van der Waals surface area contributed by atoms with Crippen LogP contribution in [0, 0.1) is 5.92 Å². The molecule has 0 aliphatic rings. The maximum atomic E-state index is 10.7. The molecule has 0 saturated carbocycles. The number of nitrogens with one attached hydrogen (secondary N) is 1. The Morgan fingerprint density at radius 2 is 2.40 bits per heavy atom. The van der Waals surface area contributed by atoms with Crippen molar-refractivity contribution in [2.45, 2.75) is 26.3 Å². The average Bonchev–Trinajstić information content (AvgIpc) is 2.69. The fourth-order valence-electron chi connectivity index (χ4n) is 1.10. The van der Waals surface area contributed by atoms with Crippen molar-refractivity contribution in [1.82, 2.24) is 15.5 Å². The average molecular weight is 213 g/mol. The number of carbonyl (C=O) groups is 1. The molecule has 15 heavy (non-hydrogen) atoms. The Hall–Kier alpha value is -1.43. The van der Waals surface area contributed by atoms with E-state index in [1.165, 1.54) is 6.39 Å². The first-order chi connectivity index (χ1) is 7.11. The summed E-state index contributed by atoms with van der Waals surface area (Å²) in [7, 11) is 0. The minimum atomic E-state index is -0.797. The highest BCUT2D eigenvalue weighted by Gasteiger charge is 2.18. The van der Waals surface area contributed by atoms with Crippen LogP contribution >= 0.6 is 0 Å². The molecular formula is C9H15N3O3. The van der Waals surface area contributed by atoms with Gasteiger partial charge in [0.15, 0.2) is 5.82 Å². The Labute approximate surface area is 87.7 Å². The Balaban J connectivity index is 2.22. The van der Waals surface area contributed by atoms with Gasteiger partial charge in [-0.15, -0.1) is 0 Å². The first-order valence-electron chi connectivity index (χ1n) is 4.82. The van der Waals surface area contributed by atoms with Gasteiger partial charge in [-0.25, -0.2) is 0 Å². The van der Waals surface area contributed by atoms with Crippen LogP contribution in [-0.4, -0.2) is 33.8 Å². The number of rotatable bonds is 6. The number of hydrogen-bond acceptors (Lipinski definition) is 5. The van der Waals surface area contributed by atoms with Gasteiger partial charge >= 0.3 is 5.97 Å². The molecule has 0 amide bonds. The molecule has 2 unspecified atom stereocenters. The van der Waals surface area contributed by atoms with Gasteiger partial charge in [0.2, 0.25) is 6.39 Å². The van der Waals surface area contributed by atoms with Crippen molar-refractivity contribution in [2.24, 2.45) is 5.92 Å². The molecule has 1 aromatic heterocycles. The molecule has 0 saturated heterocycles. The van der Waals surface area contributed by atoms with Gasteiger partial charge in [0.1, 0.15) is 0 Å². The Kier molecular flexibility index (Phi) is 4.23. The molecular weight excluding hydrogens is 198 g/mol. The van der Waals surface area contributed by atoms with E-state index in [1.807, 2.05) is 6.92 Å². The lowest BCUT2D eigenvalue weighted by Gasteiger charge is -2.16. The van der Waals surface area contributed by atoms with E-state index < -0.39 is 11.9 Å². The number of aliphatic carboxylic acids is 1. The van der Waals surface area contributed by atoms with Crippen molar-refractivity contribution in [3.8, 4) is 0 Å². The molecule has 6 heteroatoms. The molecule has 6 nitrogen and oxygen atoms in total. The molecule has 0 bridgehead atoms. The van der Waals surface area contributed by atoms with Crippen molar-refractivity contribution in [3.05, 3.63) is 12.2 Å². The summed E-state index contributed by atoms with van der Waals surface area (Å²) >= 11 is 0. The summed E-state index contributed by atoms with van der Waals surface area (Å²) in [4.78, 5) is 14.5. The minimum Gasteiger partial charge on any atom is -0.481 e. The summed E-state index contributed by atoms with van der Waals surface area (Å²) in [6, 6.07) is -0.0746. The van der Waals surface area contributed by atoms with Gasteiger partial charge in [0.05, 0.1) is 5.92 Å². The maximum absolute atomic E-state index is 10.7. The predicted octanol–water partition coefficient (Wildman–Crippen LogP) is 0.311. The van der Waals surface area contributed by atoms with Gasteiger partial charge < -0.3 is 14.9 Å². The summed E-state index contributed by atoms with van der Waals surface area (Å²) in [6.45, 7) is 4.15. The van der Waals surface area contributed by atoms with Crippen LogP contribution in [0.1, 0.15) is 19.7 Å². The minimum absolute atomic E-state index is 0.0746. The lowest BCUT2D eigenvalue weighted by molar-refractivity contribution is -0.141. The van der Waals surface area contributed by atoms with Crippen LogP contribution in [0.4, 0.5) is 0 Å². The summed E-state index contributed by atoms with van der Waals surface area (Å²) in [5.41, 5.74) is 0. The third-order valence-corrected chi connectivity index (χ3v) is 2.36. The van der Waals surface area contributed by atoms with Gasteiger partial charge in [-0.3, -0.25) is 4.79 Å². The zero-order valence-corrected chi connectivity index (χ0v) is 8.80. The van der Waals surface area contributed by atoms with Crippen molar-refractivity contribution >= 4 is 5.97 Å². The van der Waals surface area contributed by atoms with Crippen molar-refractivity contribution in [1.29, 1.82) is 0 Å². The quantitative estimate of drug-likeness (QED) is 0.707. The SMILES string of the molecule is CC(NCCc1ncon1)C(C)C(=O)O. The van der Waals surface area contributed by atoms with Crippen LogP contribution in [0.5, 0.6) is 0 Å². The fraction of sp³-hybridized carbons (Fsp3) is 0.667. The maximum Gasteiger partial charge on any atom is 0.307 e. The number of aromatic nitrogens is 2. The molecule has 0 radical (unpaired) electrons. The normalized spacial score (nSPS) is 14.8. The third kappa shape index (κ3) is 3.67. The predicted molar refractivity (Wildman–Crippen MR) is 52.3 cm³/mol. The Morgan fingerprint density at radius 3 is 2.93 bits per heavy atom. The van der Waals surface area contributed by atoms with E-state index in [1.54, 1.807) is 6.92 Å². The topological polar surface area (TPSA) is 88.3 Å². The Bertz CT molecular complexity index is 300. The second-order valence-electron chi connectivity index (χ2n) is 3.47. The molecule has 1 aromatic rings. The highest BCUT2D eigenvalue weighted by Crippen LogP contribution is 2.02. The van der Waals surface area contributed by atoms with E-state index in [0.717, 1.165) is 0 Å². The van der Waals surface area contributed by atoms with E-state index in [9.17, 15) is 4.79 Å². The standard InChI is InChI=1S/C9H15N3O3/c1-6(9(13)14)7(2)10-4-3-8-11-5-15-12-8/h5-7,10H,3-4H2,1-2H3,(H,13,14). The molecule has 0 spiro atoms. The molecule has 84 valence electrons. The second-order valence-corrected chi connectivity index (χ2v) is 3.47. The van der Waals surface area contributed by atoms with Gasteiger partial charge in [0, 0.05) is 19.0 Å². The van der Waals surface area contributed by atoms with Crippen molar-refractivity contribution in [2.75, 3.05) is 6.54 Å². The van der Waals surface area contributed by atoms with Crippen LogP contribution in [0.3, 0.4) is 0 Å². The number of nitrogens with zero attached hydrogens (tertiary/aromatic N) is 2. The number of carboxylic acids is 1. The molecule has 1 heterocycles. The van der Waals surface area contributed by atoms with Crippen LogP contribution in [0.2, 0.25) is 0 Å². The highest BCUT2D eigenvalue weighted by molar-refractivity contribution is 5.70. The summed E-state index contributed by atoms with van der Waals surface area (Å²) < 4.78 is 4.57. The number of hydrogen-bond donors (Lipinski definition) is 2. The summed E-state index contributed by atoms with van der Waals surface area (Å²) in [5, 5.41) is 15.5. The first kappa shape index (κ1) is 11.6. The van der Waals surface area contributed by atoms with Gasteiger partial charge in [0.25, 0.3) is 0 Å². The van der Waals surface area contributed by atoms with Gasteiger partial charge in [-0.05, 0) is 6.92 Å². The molecule has 0 aliphatic heterocycles. The number of carboxylic acid groups (broad SMARTS) is 1. The van der Waals surface area contributed by atoms with Crippen molar-refractivity contribution < 1.29 is 14.4 Å². The summed E-state index contributed by atoms with van der Waals surface area (Å²) in [5.74, 6) is -0.581. The zero-order valence-electron chi connectivity index (χ0n) is 8.80. The van der Waals surface area contributed by atoms with Crippen LogP contribution < -0.4 is 5.32 Å². The van der Waals surface area contributed by atoms with Gasteiger partial charge in [-0.2, -0.15) is 4.98 Å². The lowest BCUT2D eigenvalue weighted by Crippen LogP contribution is -2.37. The van der Waals surface area contributed by atoms with Crippen LogP contribution in [0.25, 0.3) is 0 Å². The molecule has 2 N–H and O–H groups in total. The van der Waals surface area contributed by atoms with E-state index in [2.05, 4.69) is 20.0 Å².